The van der Waals surface area contributed by atoms with Crippen LogP contribution >= 0.6 is 0 Å². The summed E-state index contributed by atoms with van der Waals surface area (Å²) in [6.45, 7) is 1.13. The van der Waals surface area contributed by atoms with Crippen LogP contribution in [0.3, 0.4) is 0 Å². The summed E-state index contributed by atoms with van der Waals surface area (Å²) in [5.41, 5.74) is 2.45. The summed E-state index contributed by atoms with van der Waals surface area (Å²) >= 11 is 0. The average molecular weight is 408 g/mol. The van der Waals surface area contributed by atoms with Crippen molar-refractivity contribution in [2.75, 3.05) is 6.54 Å². The van der Waals surface area contributed by atoms with Crippen LogP contribution in [0.4, 0.5) is 5.69 Å². The van der Waals surface area contributed by atoms with E-state index in [0.29, 0.717) is 12.1 Å². The van der Waals surface area contributed by atoms with Crippen molar-refractivity contribution in [3.05, 3.63) is 75.9 Å². The standard InChI is InChI=1S/C21H24N6O3/c1-24-12-10-19(23-24)20-5-3-2-4-11-26(20)21(28)17-8-6-16(7-9-17)14-25-15-18(13-22-25)27(29)30/h6-10,12-13,15,20H,2-5,11,14H2,1H3. The molecule has 2 aromatic heterocycles. The highest BCUT2D eigenvalue weighted by Gasteiger charge is 2.29. The molecule has 30 heavy (non-hydrogen) atoms. The molecule has 1 aromatic carbocycles. The van der Waals surface area contributed by atoms with Crippen molar-refractivity contribution < 1.29 is 9.72 Å². The van der Waals surface area contributed by atoms with Crippen LogP contribution in [-0.4, -0.2) is 41.8 Å². The van der Waals surface area contributed by atoms with E-state index in [1.165, 1.54) is 17.1 Å². The predicted molar refractivity (Wildman–Crippen MR) is 110 cm³/mol. The Kier molecular flexibility index (Phi) is 5.60. The lowest BCUT2D eigenvalue weighted by molar-refractivity contribution is -0.385. The topological polar surface area (TPSA) is 99.1 Å². The van der Waals surface area contributed by atoms with E-state index in [1.807, 2.05) is 48.5 Å². The lowest BCUT2D eigenvalue weighted by atomic mass is 10.0. The van der Waals surface area contributed by atoms with E-state index in [0.717, 1.165) is 43.5 Å². The van der Waals surface area contributed by atoms with E-state index in [4.69, 9.17) is 0 Å². The fourth-order valence-electron chi connectivity index (χ4n) is 3.91. The Morgan fingerprint density at radius 3 is 2.67 bits per heavy atom. The summed E-state index contributed by atoms with van der Waals surface area (Å²) in [4.78, 5) is 25.6. The monoisotopic (exact) mass is 408 g/mol. The first-order valence-corrected chi connectivity index (χ1v) is 10.1. The Morgan fingerprint density at radius 2 is 2.00 bits per heavy atom. The van der Waals surface area contributed by atoms with Crippen LogP contribution in [0.2, 0.25) is 0 Å². The molecule has 1 aliphatic heterocycles. The summed E-state index contributed by atoms with van der Waals surface area (Å²) in [6, 6.07) is 9.35. The number of aryl methyl sites for hydroxylation is 1. The van der Waals surface area contributed by atoms with Crippen molar-refractivity contribution in [1.29, 1.82) is 0 Å². The summed E-state index contributed by atoms with van der Waals surface area (Å²) in [5, 5.41) is 19.3. The van der Waals surface area contributed by atoms with E-state index in [-0.39, 0.29) is 17.6 Å². The van der Waals surface area contributed by atoms with E-state index < -0.39 is 4.92 Å². The van der Waals surface area contributed by atoms with Crippen molar-refractivity contribution in [3.8, 4) is 0 Å². The van der Waals surface area contributed by atoms with Crippen molar-refractivity contribution in [3.63, 3.8) is 0 Å². The van der Waals surface area contributed by atoms with Crippen LogP contribution < -0.4 is 0 Å². The Morgan fingerprint density at radius 1 is 1.20 bits per heavy atom. The number of likely N-dealkylation sites (tertiary alicyclic amines) is 1. The van der Waals surface area contributed by atoms with Gasteiger partial charge >= 0.3 is 5.69 Å². The van der Waals surface area contributed by atoms with Crippen LogP contribution in [0.15, 0.2) is 48.9 Å². The number of nitro groups is 1. The molecule has 3 aromatic rings. The van der Waals surface area contributed by atoms with Gasteiger partial charge in [-0.15, -0.1) is 0 Å². The highest BCUT2D eigenvalue weighted by molar-refractivity contribution is 5.94. The van der Waals surface area contributed by atoms with E-state index in [9.17, 15) is 14.9 Å². The Bertz CT molecular complexity index is 1040. The molecular weight excluding hydrogens is 384 g/mol. The van der Waals surface area contributed by atoms with Gasteiger partial charge in [-0.3, -0.25) is 24.3 Å². The molecule has 0 saturated carbocycles. The highest BCUT2D eigenvalue weighted by Crippen LogP contribution is 2.30. The van der Waals surface area contributed by atoms with Gasteiger partial charge in [0.1, 0.15) is 12.4 Å². The molecule has 4 rings (SSSR count). The molecule has 1 unspecified atom stereocenters. The molecule has 3 heterocycles. The van der Waals surface area contributed by atoms with Crippen LogP contribution in [0, 0.1) is 10.1 Å². The lowest BCUT2D eigenvalue weighted by Gasteiger charge is -2.29. The van der Waals surface area contributed by atoms with Gasteiger partial charge in [0.2, 0.25) is 0 Å². The summed E-state index contributed by atoms with van der Waals surface area (Å²) in [6.07, 6.45) is 8.65. The Balaban J connectivity index is 1.50. The number of carbonyl (C=O) groups is 1. The molecule has 0 spiro atoms. The zero-order valence-corrected chi connectivity index (χ0v) is 16.8. The molecule has 1 fully saturated rings. The number of rotatable bonds is 5. The molecule has 0 N–H and O–H groups in total. The van der Waals surface area contributed by atoms with Gasteiger partial charge in [0.15, 0.2) is 0 Å². The molecule has 156 valence electrons. The van der Waals surface area contributed by atoms with Crippen LogP contribution in [0.25, 0.3) is 0 Å². The average Bonchev–Trinajstić information content (AvgIpc) is 3.31. The third-order valence-corrected chi connectivity index (χ3v) is 5.47. The molecule has 1 aliphatic rings. The molecule has 1 atom stereocenters. The maximum atomic E-state index is 13.3. The maximum Gasteiger partial charge on any atom is 0.307 e. The molecule has 0 radical (unpaired) electrons. The number of hydrogen-bond acceptors (Lipinski definition) is 5. The molecular formula is C21H24N6O3. The highest BCUT2D eigenvalue weighted by atomic mass is 16.6. The lowest BCUT2D eigenvalue weighted by Crippen LogP contribution is -2.35. The smallest absolute Gasteiger partial charge is 0.307 e. The minimum atomic E-state index is -0.468. The number of carbonyl (C=O) groups excluding carboxylic acids is 1. The summed E-state index contributed by atoms with van der Waals surface area (Å²) < 4.78 is 3.29. The van der Waals surface area contributed by atoms with Gasteiger partial charge < -0.3 is 4.90 Å². The number of benzene rings is 1. The van der Waals surface area contributed by atoms with Gasteiger partial charge in [-0.25, -0.2) is 0 Å². The maximum absolute atomic E-state index is 13.3. The number of amides is 1. The van der Waals surface area contributed by atoms with Crippen molar-refractivity contribution in [1.82, 2.24) is 24.5 Å². The SMILES string of the molecule is Cn1ccc(C2CCCCCN2C(=O)c2ccc(Cn3cc([N+](=O)[O-])cn3)cc2)n1. The predicted octanol–water partition coefficient (Wildman–Crippen LogP) is 3.33. The second-order valence-corrected chi connectivity index (χ2v) is 7.63. The van der Waals surface area contributed by atoms with Crippen molar-refractivity contribution in [2.24, 2.45) is 7.05 Å². The largest absolute Gasteiger partial charge is 0.330 e. The van der Waals surface area contributed by atoms with E-state index in [2.05, 4.69) is 10.2 Å². The second-order valence-electron chi connectivity index (χ2n) is 7.63. The first-order chi connectivity index (χ1) is 14.5. The Labute approximate surface area is 174 Å². The Hall–Kier alpha value is -3.49. The van der Waals surface area contributed by atoms with E-state index in [1.54, 1.807) is 4.68 Å². The third-order valence-electron chi connectivity index (χ3n) is 5.47. The normalized spacial score (nSPS) is 17.0. The fourth-order valence-corrected chi connectivity index (χ4v) is 3.91. The van der Waals surface area contributed by atoms with Gasteiger partial charge in [0, 0.05) is 25.4 Å². The van der Waals surface area contributed by atoms with Gasteiger partial charge in [-0.2, -0.15) is 10.2 Å². The zero-order valence-electron chi connectivity index (χ0n) is 16.8. The summed E-state index contributed by atoms with van der Waals surface area (Å²) in [5.74, 6) is 0.00818. The van der Waals surface area contributed by atoms with Crippen molar-refractivity contribution in [2.45, 2.75) is 38.3 Å². The molecule has 9 heteroatoms. The second kappa shape index (κ2) is 8.48. The zero-order chi connectivity index (χ0) is 21.1. The van der Waals surface area contributed by atoms with Gasteiger partial charge in [0.05, 0.1) is 23.2 Å². The van der Waals surface area contributed by atoms with E-state index >= 15 is 0 Å². The van der Waals surface area contributed by atoms with Crippen LogP contribution in [0.5, 0.6) is 0 Å². The minimum Gasteiger partial charge on any atom is -0.330 e. The fraction of sp³-hybridized carbons (Fsp3) is 0.381. The number of hydrogen-bond donors (Lipinski definition) is 0. The minimum absolute atomic E-state index is 0.00818. The van der Waals surface area contributed by atoms with Gasteiger partial charge in [0.25, 0.3) is 5.91 Å². The van der Waals surface area contributed by atoms with Gasteiger partial charge in [-0.05, 0) is 36.6 Å². The molecule has 0 bridgehead atoms. The first-order valence-electron chi connectivity index (χ1n) is 10.1. The quantitative estimate of drug-likeness (QED) is 0.476. The van der Waals surface area contributed by atoms with Crippen molar-refractivity contribution >= 4 is 11.6 Å². The van der Waals surface area contributed by atoms with Crippen LogP contribution in [0.1, 0.15) is 53.3 Å². The molecule has 0 aliphatic carbocycles. The molecule has 1 saturated heterocycles. The number of nitrogens with zero attached hydrogens (tertiary/aromatic N) is 6. The number of aromatic nitrogens is 4. The van der Waals surface area contributed by atoms with Gasteiger partial charge in [-0.1, -0.05) is 25.0 Å². The van der Waals surface area contributed by atoms with Crippen LogP contribution in [-0.2, 0) is 13.6 Å². The molecule has 9 nitrogen and oxygen atoms in total. The first kappa shape index (κ1) is 19.8. The third kappa shape index (κ3) is 4.24. The summed E-state index contributed by atoms with van der Waals surface area (Å²) in [7, 11) is 1.89. The molecule has 1 amide bonds.